The van der Waals surface area contributed by atoms with Gasteiger partial charge in [-0.2, -0.15) is 0 Å². The Hall–Kier alpha value is -6.30. The summed E-state index contributed by atoms with van der Waals surface area (Å²) in [6.07, 6.45) is 0. The van der Waals surface area contributed by atoms with Crippen molar-refractivity contribution in [1.82, 2.24) is 19.9 Å². The molecule has 0 N–H and O–H groups in total. The zero-order valence-corrected chi connectivity index (χ0v) is 27.2. The number of aromatic nitrogens is 4. The largest absolute Gasteiger partial charge is 0.236 e. The van der Waals surface area contributed by atoms with Crippen LogP contribution in [-0.2, 0) is 0 Å². The van der Waals surface area contributed by atoms with Crippen LogP contribution >= 0.6 is 11.3 Å². The van der Waals surface area contributed by atoms with E-state index in [2.05, 4.69) is 127 Å². The molecule has 9 rings (SSSR count). The Morgan fingerprint density at radius 3 is 1.49 bits per heavy atom. The van der Waals surface area contributed by atoms with E-state index < -0.39 is 0 Å². The summed E-state index contributed by atoms with van der Waals surface area (Å²) in [7, 11) is 0. The molecule has 0 spiro atoms. The molecule has 0 amide bonds. The Morgan fingerprint density at radius 2 is 0.796 bits per heavy atom. The molecule has 0 aliphatic carbocycles. The van der Waals surface area contributed by atoms with Gasteiger partial charge in [0.25, 0.3) is 0 Å². The number of para-hydroxylation sites is 1. The summed E-state index contributed by atoms with van der Waals surface area (Å²) >= 11 is 1.72. The fraction of sp³-hybridized carbons (Fsp3) is 0. The second-order valence-corrected chi connectivity index (χ2v) is 12.9. The van der Waals surface area contributed by atoms with E-state index in [4.69, 9.17) is 19.9 Å². The average Bonchev–Trinajstić information content (AvgIpc) is 3.63. The summed E-state index contributed by atoms with van der Waals surface area (Å²) in [5.74, 6) is 1.93. The quantitative estimate of drug-likeness (QED) is 0.181. The molecule has 0 saturated heterocycles. The molecular weight excluding hydrogens is 617 g/mol. The van der Waals surface area contributed by atoms with E-state index in [0.717, 1.165) is 60.2 Å². The zero-order chi connectivity index (χ0) is 32.6. The summed E-state index contributed by atoms with van der Waals surface area (Å²) in [5.41, 5.74) is 9.63. The minimum absolute atomic E-state index is 0.641. The maximum absolute atomic E-state index is 5.09. The second kappa shape index (κ2) is 12.4. The van der Waals surface area contributed by atoms with E-state index in [0.29, 0.717) is 17.5 Å². The van der Waals surface area contributed by atoms with Gasteiger partial charge in [-0.05, 0) is 45.2 Å². The standard InChI is InChI=1S/C44H28N4S/c1-3-11-29(12-4-1)30-21-25-33(26-22-30)42-46-41(32-13-5-2-6-14-32)47-43(48-42)38-18-10-16-36-35(15-9-17-37(36)38)31-23-27-34(28-24-31)44-45-39-19-7-8-20-40(39)49-44/h1-28H. The van der Waals surface area contributed by atoms with Crippen LogP contribution in [0, 0.1) is 0 Å². The van der Waals surface area contributed by atoms with Crippen molar-refractivity contribution in [3.8, 4) is 67.0 Å². The maximum atomic E-state index is 5.09. The van der Waals surface area contributed by atoms with Crippen LogP contribution in [0.5, 0.6) is 0 Å². The van der Waals surface area contributed by atoms with Crippen LogP contribution < -0.4 is 0 Å². The van der Waals surface area contributed by atoms with E-state index in [1.807, 2.05) is 42.5 Å². The number of hydrogen-bond donors (Lipinski definition) is 0. The van der Waals surface area contributed by atoms with Crippen molar-refractivity contribution in [3.63, 3.8) is 0 Å². The molecule has 49 heavy (non-hydrogen) atoms. The van der Waals surface area contributed by atoms with Crippen LogP contribution in [-0.4, -0.2) is 19.9 Å². The lowest BCUT2D eigenvalue weighted by atomic mass is 9.95. The molecule has 0 aliphatic heterocycles. The molecule has 0 radical (unpaired) electrons. The van der Waals surface area contributed by atoms with E-state index in [1.165, 1.54) is 10.3 Å². The fourth-order valence-electron chi connectivity index (χ4n) is 6.33. The van der Waals surface area contributed by atoms with Gasteiger partial charge in [0.2, 0.25) is 0 Å². The third-order valence-electron chi connectivity index (χ3n) is 8.82. The number of rotatable bonds is 6. The maximum Gasteiger partial charge on any atom is 0.164 e. The molecule has 2 heterocycles. The molecule has 7 aromatic carbocycles. The molecule has 0 unspecified atom stereocenters. The SMILES string of the molecule is c1ccc(-c2ccc(-c3nc(-c4ccccc4)nc(-c4cccc5c(-c6ccc(-c7nc8ccccc8s7)cc6)cccc45)n3)cc2)cc1. The van der Waals surface area contributed by atoms with Crippen LogP contribution in [0.3, 0.4) is 0 Å². The predicted molar refractivity (Wildman–Crippen MR) is 203 cm³/mol. The topological polar surface area (TPSA) is 51.6 Å². The Labute approximate surface area is 288 Å². The smallest absolute Gasteiger partial charge is 0.164 e. The number of thiazole rings is 1. The lowest BCUT2D eigenvalue weighted by molar-refractivity contribution is 1.08. The van der Waals surface area contributed by atoms with Gasteiger partial charge in [-0.15, -0.1) is 11.3 Å². The van der Waals surface area contributed by atoms with Crippen LogP contribution in [0.2, 0.25) is 0 Å². The summed E-state index contributed by atoms with van der Waals surface area (Å²) in [4.78, 5) is 20.0. The minimum Gasteiger partial charge on any atom is -0.236 e. The molecule has 0 bridgehead atoms. The minimum atomic E-state index is 0.641. The molecule has 230 valence electrons. The molecule has 4 nitrogen and oxygen atoms in total. The van der Waals surface area contributed by atoms with Crippen molar-refractivity contribution in [3.05, 3.63) is 170 Å². The van der Waals surface area contributed by atoms with Gasteiger partial charge in [0, 0.05) is 22.3 Å². The first-order valence-electron chi connectivity index (χ1n) is 16.2. The van der Waals surface area contributed by atoms with E-state index in [1.54, 1.807) is 11.3 Å². The molecule has 0 aliphatic rings. The van der Waals surface area contributed by atoms with Crippen LogP contribution in [0.25, 0.3) is 88.0 Å². The second-order valence-electron chi connectivity index (χ2n) is 11.9. The van der Waals surface area contributed by atoms with Crippen molar-refractivity contribution >= 4 is 32.3 Å². The lowest BCUT2D eigenvalue weighted by Crippen LogP contribution is -2.00. The first-order valence-corrected chi connectivity index (χ1v) is 17.0. The highest BCUT2D eigenvalue weighted by Crippen LogP contribution is 2.37. The Balaban J connectivity index is 1.13. The van der Waals surface area contributed by atoms with Crippen molar-refractivity contribution < 1.29 is 0 Å². The molecule has 0 saturated carbocycles. The number of nitrogens with zero attached hydrogens (tertiary/aromatic N) is 4. The zero-order valence-electron chi connectivity index (χ0n) is 26.4. The number of benzene rings is 7. The van der Waals surface area contributed by atoms with Gasteiger partial charge in [0.05, 0.1) is 10.2 Å². The van der Waals surface area contributed by atoms with Crippen molar-refractivity contribution in [2.45, 2.75) is 0 Å². The molecule has 0 atom stereocenters. The van der Waals surface area contributed by atoms with Crippen molar-refractivity contribution in [1.29, 1.82) is 0 Å². The van der Waals surface area contributed by atoms with Crippen molar-refractivity contribution in [2.75, 3.05) is 0 Å². The van der Waals surface area contributed by atoms with Gasteiger partial charge in [0.15, 0.2) is 17.5 Å². The third kappa shape index (κ3) is 5.56. The molecule has 2 aromatic heterocycles. The Kier molecular flexibility index (Phi) is 7.30. The van der Waals surface area contributed by atoms with Gasteiger partial charge in [0.1, 0.15) is 5.01 Å². The van der Waals surface area contributed by atoms with Crippen molar-refractivity contribution in [2.24, 2.45) is 0 Å². The molecule has 0 fully saturated rings. The van der Waals surface area contributed by atoms with Gasteiger partial charge >= 0.3 is 0 Å². The first kappa shape index (κ1) is 28.9. The van der Waals surface area contributed by atoms with E-state index in [-0.39, 0.29) is 0 Å². The number of hydrogen-bond acceptors (Lipinski definition) is 5. The highest BCUT2D eigenvalue weighted by Gasteiger charge is 2.16. The molecule has 5 heteroatoms. The monoisotopic (exact) mass is 644 g/mol. The van der Waals surface area contributed by atoms with Gasteiger partial charge < -0.3 is 0 Å². The summed E-state index contributed by atoms with van der Waals surface area (Å²) in [5, 5.41) is 3.26. The normalized spacial score (nSPS) is 11.3. The van der Waals surface area contributed by atoms with Crippen LogP contribution in [0.15, 0.2) is 170 Å². The summed E-state index contributed by atoms with van der Waals surface area (Å²) in [6.45, 7) is 0. The molecular formula is C44H28N4S. The Morgan fingerprint density at radius 1 is 0.306 bits per heavy atom. The van der Waals surface area contributed by atoms with Crippen LogP contribution in [0.4, 0.5) is 0 Å². The fourth-order valence-corrected chi connectivity index (χ4v) is 7.30. The lowest BCUT2D eigenvalue weighted by Gasteiger charge is -2.13. The highest BCUT2D eigenvalue weighted by atomic mass is 32.1. The Bertz CT molecular complexity index is 2540. The third-order valence-corrected chi connectivity index (χ3v) is 9.90. The summed E-state index contributed by atoms with van der Waals surface area (Å²) < 4.78 is 1.20. The summed E-state index contributed by atoms with van der Waals surface area (Å²) in [6, 6.07) is 58.8. The number of fused-ring (bicyclic) bond motifs is 2. The van der Waals surface area contributed by atoms with Gasteiger partial charge in [-0.1, -0.05) is 158 Å². The predicted octanol–water partition coefficient (Wildman–Crippen LogP) is 11.6. The van der Waals surface area contributed by atoms with E-state index >= 15 is 0 Å². The molecule has 9 aromatic rings. The van der Waals surface area contributed by atoms with Crippen LogP contribution in [0.1, 0.15) is 0 Å². The average molecular weight is 645 g/mol. The first-order chi connectivity index (χ1) is 24.3. The highest BCUT2D eigenvalue weighted by molar-refractivity contribution is 7.21. The van der Waals surface area contributed by atoms with Gasteiger partial charge in [-0.3, -0.25) is 0 Å². The van der Waals surface area contributed by atoms with E-state index in [9.17, 15) is 0 Å². The van der Waals surface area contributed by atoms with Gasteiger partial charge in [-0.25, -0.2) is 19.9 Å².